The summed E-state index contributed by atoms with van der Waals surface area (Å²) in [6.45, 7) is 0.945. The number of imide groups is 1. The van der Waals surface area contributed by atoms with E-state index in [1.165, 1.54) is 0 Å². The third-order valence-electron chi connectivity index (χ3n) is 4.66. The van der Waals surface area contributed by atoms with E-state index in [0.717, 1.165) is 17.1 Å². The molecule has 122 valence electrons. The first-order valence-electron chi connectivity index (χ1n) is 7.91. The summed E-state index contributed by atoms with van der Waals surface area (Å²) in [5.41, 5.74) is 0.732. The van der Waals surface area contributed by atoms with E-state index in [-0.39, 0.29) is 18.4 Å². The zero-order valence-electron chi connectivity index (χ0n) is 13.0. The van der Waals surface area contributed by atoms with E-state index < -0.39 is 11.8 Å². The molecular formula is C18H16N2O4. The first kappa shape index (κ1) is 14.7. The van der Waals surface area contributed by atoms with Gasteiger partial charge in [-0.15, -0.1) is 0 Å². The number of amides is 3. The van der Waals surface area contributed by atoms with Gasteiger partial charge in [0, 0.05) is 19.0 Å². The Morgan fingerprint density at radius 1 is 1.08 bits per heavy atom. The Labute approximate surface area is 138 Å². The Morgan fingerprint density at radius 2 is 1.79 bits per heavy atom. The molecule has 24 heavy (non-hydrogen) atoms. The number of carbonyl (C=O) groups is 3. The summed E-state index contributed by atoms with van der Waals surface area (Å²) in [5, 5.41) is 0. The number of likely N-dealkylation sites (tertiary alicyclic amines) is 1. The van der Waals surface area contributed by atoms with Gasteiger partial charge in [-0.1, -0.05) is 12.1 Å². The molecule has 0 saturated carbocycles. The van der Waals surface area contributed by atoms with Crippen molar-refractivity contribution in [2.75, 3.05) is 19.6 Å². The highest BCUT2D eigenvalue weighted by Crippen LogP contribution is 2.28. The van der Waals surface area contributed by atoms with E-state index in [1.54, 1.807) is 35.4 Å². The largest absolute Gasteiger partial charge is 0.469 e. The van der Waals surface area contributed by atoms with Crippen molar-refractivity contribution in [3.8, 4) is 0 Å². The minimum atomic E-state index is -0.397. The number of furan rings is 1. The highest BCUT2D eigenvalue weighted by Gasteiger charge is 2.38. The van der Waals surface area contributed by atoms with Crippen LogP contribution in [0.1, 0.15) is 38.8 Å². The maximum Gasteiger partial charge on any atom is 0.262 e. The molecule has 2 aliphatic heterocycles. The van der Waals surface area contributed by atoms with Crippen LogP contribution in [-0.4, -0.2) is 47.2 Å². The summed E-state index contributed by atoms with van der Waals surface area (Å²) >= 11 is 0. The van der Waals surface area contributed by atoms with Gasteiger partial charge in [-0.05, 0) is 30.7 Å². The predicted octanol–water partition coefficient (Wildman–Crippen LogP) is 1.89. The van der Waals surface area contributed by atoms with Gasteiger partial charge in [0.2, 0.25) is 5.91 Å². The van der Waals surface area contributed by atoms with Crippen molar-refractivity contribution < 1.29 is 18.8 Å². The fourth-order valence-electron chi connectivity index (χ4n) is 3.36. The van der Waals surface area contributed by atoms with Crippen molar-refractivity contribution in [1.82, 2.24) is 9.80 Å². The van der Waals surface area contributed by atoms with Crippen molar-refractivity contribution >= 4 is 17.7 Å². The van der Waals surface area contributed by atoms with Crippen molar-refractivity contribution in [1.29, 1.82) is 0 Å². The molecule has 1 aromatic carbocycles. The number of benzene rings is 1. The van der Waals surface area contributed by atoms with Crippen LogP contribution >= 0.6 is 0 Å². The molecule has 0 spiro atoms. The van der Waals surface area contributed by atoms with Gasteiger partial charge in [-0.3, -0.25) is 19.3 Å². The topological polar surface area (TPSA) is 70.8 Å². The summed E-state index contributed by atoms with van der Waals surface area (Å²) in [6.07, 6.45) is 2.44. The molecule has 0 N–H and O–H groups in total. The van der Waals surface area contributed by atoms with Crippen LogP contribution in [0.5, 0.6) is 0 Å². The summed E-state index contributed by atoms with van der Waals surface area (Å²) < 4.78 is 5.40. The minimum Gasteiger partial charge on any atom is -0.469 e. The molecule has 2 aromatic rings. The Balaban J connectivity index is 1.44. The van der Waals surface area contributed by atoms with Gasteiger partial charge in [0.15, 0.2) is 0 Å². The lowest BCUT2D eigenvalue weighted by Crippen LogP contribution is -2.41. The van der Waals surface area contributed by atoms with Crippen LogP contribution in [0.2, 0.25) is 0 Å². The molecule has 0 aliphatic carbocycles. The van der Waals surface area contributed by atoms with E-state index in [0.29, 0.717) is 24.2 Å². The predicted molar refractivity (Wildman–Crippen MR) is 84.5 cm³/mol. The van der Waals surface area contributed by atoms with Gasteiger partial charge in [0.25, 0.3) is 11.8 Å². The Kier molecular flexibility index (Phi) is 3.45. The highest BCUT2D eigenvalue weighted by molar-refractivity contribution is 6.22. The highest BCUT2D eigenvalue weighted by atomic mass is 16.3. The molecule has 0 radical (unpaired) electrons. The molecular weight excluding hydrogens is 308 g/mol. The zero-order chi connectivity index (χ0) is 16.7. The summed E-state index contributed by atoms with van der Waals surface area (Å²) in [4.78, 5) is 39.9. The number of nitrogens with zero attached hydrogens (tertiary/aromatic N) is 2. The van der Waals surface area contributed by atoms with E-state index in [4.69, 9.17) is 4.42 Å². The smallest absolute Gasteiger partial charge is 0.262 e. The average molecular weight is 324 g/mol. The second-order valence-electron chi connectivity index (χ2n) is 6.08. The van der Waals surface area contributed by atoms with E-state index in [1.807, 2.05) is 12.1 Å². The Hall–Kier alpha value is -2.89. The SMILES string of the molecule is O=C(CN1C(=O)c2ccccc2C1=O)N1CCC(c2ccco2)C1. The second-order valence-corrected chi connectivity index (χ2v) is 6.08. The van der Waals surface area contributed by atoms with Crippen LogP contribution in [0, 0.1) is 0 Å². The van der Waals surface area contributed by atoms with Gasteiger partial charge in [-0.2, -0.15) is 0 Å². The van der Waals surface area contributed by atoms with Crippen molar-refractivity contribution in [2.45, 2.75) is 12.3 Å². The Morgan fingerprint density at radius 3 is 2.42 bits per heavy atom. The fourth-order valence-corrected chi connectivity index (χ4v) is 3.36. The van der Waals surface area contributed by atoms with Crippen LogP contribution in [-0.2, 0) is 4.79 Å². The molecule has 1 saturated heterocycles. The van der Waals surface area contributed by atoms with Gasteiger partial charge < -0.3 is 9.32 Å². The quantitative estimate of drug-likeness (QED) is 0.809. The third-order valence-corrected chi connectivity index (χ3v) is 4.66. The Bertz CT molecular complexity index is 777. The van der Waals surface area contributed by atoms with Gasteiger partial charge >= 0.3 is 0 Å². The minimum absolute atomic E-state index is 0.172. The molecule has 1 atom stereocenters. The molecule has 3 heterocycles. The number of hydrogen-bond donors (Lipinski definition) is 0. The van der Waals surface area contributed by atoms with Crippen LogP contribution in [0.15, 0.2) is 47.1 Å². The molecule has 1 unspecified atom stereocenters. The van der Waals surface area contributed by atoms with Crippen LogP contribution in [0.25, 0.3) is 0 Å². The van der Waals surface area contributed by atoms with Crippen molar-refractivity contribution in [2.24, 2.45) is 0 Å². The molecule has 6 nitrogen and oxygen atoms in total. The normalized spacial score (nSPS) is 19.9. The molecule has 6 heteroatoms. The number of hydrogen-bond acceptors (Lipinski definition) is 4. The van der Waals surface area contributed by atoms with Crippen molar-refractivity contribution in [3.05, 3.63) is 59.5 Å². The van der Waals surface area contributed by atoms with E-state index >= 15 is 0 Å². The fraction of sp³-hybridized carbons (Fsp3) is 0.278. The molecule has 0 bridgehead atoms. The first-order chi connectivity index (χ1) is 11.6. The first-order valence-corrected chi connectivity index (χ1v) is 7.91. The molecule has 3 amide bonds. The van der Waals surface area contributed by atoms with E-state index in [2.05, 4.69) is 0 Å². The standard InChI is InChI=1S/C18H16N2O4/c21-16(19-8-7-12(10-19)15-6-3-9-24-15)11-20-17(22)13-4-1-2-5-14(13)18(20)23/h1-6,9,12H,7-8,10-11H2. The molecule has 1 fully saturated rings. The average Bonchev–Trinajstić information content (AvgIpc) is 3.32. The summed E-state index contributed by atoms with van der Waals surface area (Å²) in [7, 11) is 0. The van der Waals surface area contributed by atoms with Crippen LogP contribution in [0.3, 0.4) is 0 Å². The van der Waals surface area contributed by atoms with Crippen LogP contribution in [0.4, 0.5) is 0 Å². The second kappa shape index (κ2) is 5.63. The maximum atomic E-state index is 12.5. The lowest BCUT2D eigenvalue weighted by molar-refractivity contribution is -0.130. The molecule has 1 aromatic heterocycles. The number of fused-ring (bicyclic) bond motifs is 1. The summed E-state index contributed by atoms with van der Waals surface area (Å²) in [5.74, 6) is 0.0344. The molecule has 4 rings (SSSR count). The summed E-state index contributed by atoms with van der Waals surface area (Å²) in [6, 6.07) is 10.4. The lowest BCUT2D eigenvalue weighted by atomic mass is 10.1. The van der Waals surface area contributed by atoms with Gasteiger partial charge in [0.05, 0.1) is 17.4 Å². The van der Waals surface area contributed by atoms with Crippen molar-refractivity contribution in [3.63, 3.8) is 0 Å². The lowest BCUT2D eigenvalue weighted by Gasteiger charge is -2.20. The van der Waals surface area contributed by atoms with E-state index in [9.17, 15) is 14.4 Å². The number of rotatable bonds is 3. The zero-order valence-corrected chi connectivity index (χ0v) is 13.0. The molecule has 2 aliphatic rings. The number of carbonyl (C=O) groups excluding carboxylic acids is 3. The van der Waals surface area contributed by atoms with Gasteiger partial charge in [-0.25, -0.2) is 0 Å². The van der Waals surface area contributed by atoms with Gasteiger partial charge in [0.1, 0.15) is 12.3 Å². The maximum absolute atomic E-state index is 12.5. The van der Waals surface area contributed by atoms with Crippen LogP contribution < -0.4 is 0 Å². The third kappa shape index (κ3) is 2.31. The monoisotopic (exact) mass is 324 g/mol.